The lowest BCUT2D eigenvalue weighted by Crippen LogP contribution is -2.33. The molecule has 1 atom stereocenters. The van der Waals surface area contributed by atoms with Crippen molar-refractivity contribution in [2.24, 2.45) is 0 Å². The first-order valence-electron chi connectivity index (χ1n) is 5.71. The Kier molecular flexibility index (Phi) is 3.35. The molecule has 0 aliphatic carbocycles. The van der Waals surface area contributed by atoms with E-state index in [-0.39, 0.29) is 10.9 Å². The predicted molar refractivity (Wildman–Crippen MR) is 66.4 cm³/mol. The number of nitrogens with zero attached hydrogens (tertiary/aromatic N) is 2. The third kappa shape index (κ3) is 2.28. The van der Waals surface area contributed by atoms with Gasteiger partial charge in [-0.2, -0.15) is 4.31 Å². The smallest absolute Gasteiger partial charge is 0.244 e. The van der Waals surface area contributed by atoms with Gasteiger partial charge in [-0.3, -0.25) is 0 Å². The molecule has 1 unspecified atom stereocenters. The fourth-order valence-electron chi connectivity index (χ4n) is 2.08. The molecular weight excluding hydrogens is 238 g/mol. The predicted octanol–water partition coefficient (Wildman–Crippen LogP) is 1.30. The number of nitrogens with one attached hydrogen (secondary N) is 1. The Morgan fingerprint density at radius 3 is 2.71 bits per heavy atom. The molecule has 1 fully saturated rings. The van der Waals surface area contributed by atoms with Crippen molar-refractivity contribution in [1.82, 2.24) is 9.29 Å². The molecule has 17 heavy (non-hydrogen) atoms. The van der Waals surface area contributed by atoms with Crippen LogP contribution in [0.2, 0.25) is 0 Å². The molecule has 5 nitrogen and oxygen atoms in total. The van der Waals surface area contributed by atoms with E-state index in [2.05, 4.69) is 10.3 Å². The van der Waals surface area contributed by atoms with Gasteiger partial charge in [-0.15, -0.1) is 0 Å². The third-order valence-electron chi connectivity index (χ3n) is 3.09. The quantitative estimate of drug-likeness (QED) is 0.884. The van der Waals surface area contributed by atoms with Crippen molar-refractivity contribution in [2.75, 3.05) is 18.9 Å². The summed E-state index contributed by atoms with van der Waals surface area (Å²) in [5.41, 5.74) is 0. The van der Waals surface area contributed by atoms with Gasteiger partial charge in [-0.25, -0.2) is 13.4 Å². The molecule has 6 heteroatoms. The van der Waals surface area contributed by atoms with Gasteiger partial charge in [0.15, 0.2) is 0 Å². The second kappa shape index (κ2) is 4.62. The molecule has 2 rings (SSSR count). The number of anilines is 1. The summed E-state index contributed by atoms with van der Waals surface area (Å²) in [5, 5.41) is 2.86. The van der Waals surface area contributed by atoms with Gasteiger partial charge >= 0.3 is 0 Å². The van der Waals surface area contributed by atoms with Crippen molar-refractivity contribution >= 4 is 15.8 Å². The average molecular weight is 255 g/mol. The number of hydrogen-bond donors (Lipinski definition) is 1. The largest absolute Gasteiger partial charge is 0.373 e. The Labute approximate surface area is 102 Å². The molecule has 1 N–H and O–H groups in total. The lowest BCUT2D eigenvalue weighted by Gasteiger charge is -2.20. The fraction of sp³-hybridized carbons (Fsp3) is 0.545. The number of aromatic nitrogens is 1. The van der Waals surface area contributed by atoms with Crippen molar-refractivity contribution in [2.45, 2.75) is 30.7 Å². The zero-order valence-corrected chi connectivity index (χ0v) is 10.9. The van der Waals surface area contributed by atoms with E-state index < -0.39 is 10.0 Å². The van der Waals surface area contributed by atoms with Gasteiger partial charge in [-0.1, -0.05) is 0 Å². The van der Waals surface area contributed by atoms with Crippen molar-refractivity contribution in [3.63, 3.8) is 0 Å². The highest BCUT2D eigenvalue weighted by atomic mass is 32.2. The molecule has 1 aromatic heterocycles. The summed E-state index contributed by atoms with van der Waals surface area (Å²) in [7, 11) is -1.62. The van der Waals surface area contributed by atoms with Crippen LogP contribution in [0, 0.1) is 0 Å². The number of sulfonamides is 1. The zero-order chi connectivity index (χ0) is 12.5. The van der Waals surface area contributed by atoms with Crippen LogP contribution in [0.4, 0.5) is 5.82 Å². The van der Waals surface area contributed by atoms with Crippen LogP contribution in [0.1, 0.15) is 19.8 Å². The van der Waals surface area contributed by atoms with Gasteiger partial charge in [0, 0.05) is 25.8 Å². The van der Waals surface area contributed by atoms with Gasteiger partial charge in [0.25, 0.3) is 0 Å². The highest BCUT2D eigenvalue weighted by molar-refractivity contribution is 7.89. The lowest BCUT2D eigenvalue weighted by molar-refractivity contribution is 0.408. The standard InChI is InChI=1S/C11H17N3O2S/c1-9-4-3-7-14(9)17(15,16)10-5-6-11(12-2)13-8-10/h5-6,8-9H,3-4,7H2,1-2H3,(H,12,13). The minimum absolute atomic E-state index is 0.0870. The average Bonchev–Trinajstić information content (AvgIpc) is 2.76. The van der Waals surface area contributed by atoms with E-state index >= 15 is 0 Å². The molecule has 0 spiro atoms. The fourth-order valence-corrected chi connectivity index (χ4v) is 3.73. The third-order valence-corrected chi connectivity index (χ3v) is 5.09. The Morgan fingerprint density at radius 1 is 1.47 bits per heavy atom. The van der Waals surface area contributed by atoms with Crippen LogP contribution in [0.3, 0.4) is 0 Å². The first-order valence-corrected chi connectivity index (χ1v) is 7.15. The van der Waals surface area contributed by atoms with E-state index in [4.69, 9.17) is 0 Å². The van der Waals surface area contributed by atoms with Crippen molar-refractivity contribution < 1.29 is 8.42 Å². The Hall–Kier alpha value is -1.14. The molecule has 0 aromatic carbocycles. The summed E-state index contributed by atoms with van der Waals surface area (Å²) in [6.07, 6.45) is 3.27. The highest BCUT2D eigenvalue weighted by Gasteiger charge is 2.32. The number of hydrogen-bond acceptors (Lipinski definition) is 4. The number of pyridine rings is 1. The molecule has 0 amide bonds. The van der Waals surface area contributed by atoms with E-state index in [0.29, 0.717) is 12.4 Å². The van der Waals surface area contributed by atoms with E-state index in [0.717, 1.165) is 12.8 Å². The van der Waals surface area contributed by atoms with E-state index in [1.807, 2.05) is 6.92 Å². The Balaban J connectivity index is 2.31. The SMILES string of the molecule is CNc1ccc(S(=O)(=O)N2CCCC2C)cn1. The molecule has 1 aliphatic heterocycles. The van der Waals surface area contributed by atoms with Crippen molar-refractivity contribution in [3.8, 4) is 0 Å². The van der Waals surface area contributed by atoms with E-state index in [1.54, 1.807) is 23.5 Å². The maximum Gasteiger partial charge on any atom is 0.244 e. The van der Waals surface area contributed by atoms with Crippen LogP contribution >= 0.6 is 0 Å². The van der Waals surface area contributed by atoms with Crippen LogP contribution in [0.5, 0.6) is 0 Å². The minimum atomic E-state index is -3.37. The topological polar surface area (TPSA) is 62.3 Å². The summed E-state index contributed by atoms with van der Waals surface area (Å²) in [6.45, 7) is 2.55. The summed E-state index contributed by atoms with van der Waals surface area (Å²) in [4.78, 5) is 4.31. The monoisotopic (exact) mass is 255 g/mol. The molecular formula is C11H17N3O2S. The second-order valence-corrected chi connectivity index (χ2v) is 6.13. The summed E-state index contributed by atoms with van der Waals surface area (Å²) < 4.78 is 26.2. The van der Waals surface area contributed by atoms with Crippen molar-refractivity contribution in [3.05, 3.63) is 18.3 Å². The molecule has 1 saturated heterocycles. The maximum atomic E-state index is 12.3. The van der Waals surface area contributed by atoms with Gasteiger partial charge in [0.1, 0.15) is 10.7 Å². The molecule has 2 heterocycles. The highest BCUT2D eigenvalue weighted by Crippen LogP contribution is 2.25. The van der Waals surface area contributed by atoms with Crippen LogP contribution < -0.4 is 5.32 Å². The van der Waals surface area contributed by atoms with Gasteiger partial charge in [0.2, 0.25) is 10.0 Å². The van der Waals surface area contributed by atoms with Crippen LogP contribution in [-0.2, 0) is 10.0 Å². The maximum absolute atomic E-state index is 12.3. The molecule has 1 aliphatic rings. The van der Waals surface area contributed by atoms with Crippen LogP contribution in [-0.4, -0.2) is 37.3 Å². The summed E-state index contributed by atoms with van der Waals surface area (Å²) >= 11 is 0. The molecule has 0 radical (unpaired) electrons. The lowest BCUT2D eigenvalue weighted by atomic mass is 10.3. The van der Waals surface area contributed by atoms with Crippen LogP contribution in [0.15, 0.2) is 23.2 Å². The van der Waals surface area contributed by atoms with Gasteiger partial charge < -0.3 is 5.32 Å². The molecule has 94 valence electrons. The first kappa shape index (κ1) is 12.3. The summed E-state index contributed by atoms with van der Waals surface area (Å²) in [5.74, 6) is 0.665. The number of rotatable bonds is 3. The Bertz CT molecular complexity index is 484. The van der Waals surface area contributed by atoms with Crippen LogP contribution in [0.25, 0.3) is 0 Å². The zero-order valence-electron chi connectivity index (χ0n) is 10.0. The Morgan fingerprint density at radius 2 is 2.24 bits per heavy atom. The molecule has 0 saturated carbocycles. The molecule has 0 bridgehead atoms. The van der Waals surface area contributed by atoms with E-state index in [1.165, 1.54) is 6.20 Å². The molecule has 1 aromatic rings. The van der Waals surface area contributed by atoms with Crippen molar-refractivity contribution in [1.29, 1.82) is 0 Å². The van der Waals surface area contributed by atoms with E-state index in [9.17, 15) is 8.42 Å². The second-order valence-electron chi connectivity index (χ2n) is 4.24. The van der Waals surface area contributed by atoms with Gasteiger partial charge in [-0.05, 0) is 31.9 Å². The normalized spacial score (nSPS) is 21.6. The first-order chi connectivity index (χ1) is 8.05. The summed E-state index contributed by atoms with van der Waals surface area (Å²) in [6, 6.07) is 3.36. The minimum Gasteiger partial charge on any atom is -0.373 e. The van der Waals surface area contributed by atoms with Gasteiger partial charge in [0.05, 0.1) is 0 Å².